The van der Waals surface area contributed by atoms with Crippen LogP contribution >= 0.6 is 11.6 Å². The summed E-state index contributed by atoms with van der Waals surface area (Å²) in [6, 6.07) is 14.6. The molecule has 3 heterocycles. The Labute approximate surface area is 268 Å². The second-order valence-electron chi connectivity index (χ2n) is 12.1. The highest BCUT2D eigenvalue weighted by molar-refractivity contribution is 7.92. The van der Waals surface area contributed by atoms with Crippen molar-refractivity contribution >= 4 is 50.8 Å². The maximum absolute atomic E-state index is 13.7. The van der Waals surface area contributed by atoms with E-state index < -0.39 is 21.5 Å². The molecule has 0 unspecified atom stereocenters. The van der Waals surface area contributed by atoms with Gasteiger partial charge in [0.2, 0.25) is 0 Å². The van der Waals surface area contributed by atoms with Gasteiger partial charge in [-0.3, -0.25) is 9.52 Å². The number of nitrogens with zero attached hydrogens (tertiary/aromatic N) is 3. The number of rotatable bonds is 8. The second kappa shape index (κ2) is 13.5. The standard InChI is InChI=1S/C32H38ClN5O6S/c1-32(2,3)44-31(40)38-18-14-24(15-19-38)43-27-20-23(37-16-6-7-17-37)11-12-25(27)30(39)35-26-8-4-5-9-28(26)45(41,42)36-29-13-10-22(33)21-34-29/h4-5,8-13,20-21,24H,6-7,14-19H2,1-3H3,(H,34,36)(H,35,39). The van der Waals surface area contributed by atoms with Crippen molar-refractivity contribution in [3.63, 3.8) is 0 Å². The molecule has 2 N–H and O–H groups in total. The summed E-state index contributed by atoms with van der Waals surface area (Å²) in [5, 5.41) is 3.14. The molecule has 11 nitrogen and oxygen atoms in total. The number of para-hydroxylation sites is 1. The van der Waals surface area contributed by atoms with Crippen molar-refractivity contribution in [3.8, 4) is 5.75 Å². The van der Waals surface area contributed by atoms with Crippen LogP contribution in [-0.4, -0.2) is 68.2 Å². The number of piperidine rings is 1. The molecule has 3 aromatic rings. The number of sulfonamides is 1. The molecule has 2 fully saturated rings. The van der Waals surface area contributed by atoms with Gasteiger partial charge >= 0.3 is 6.09 Å². The van der Waals surface area contributed by atoms with Crippen LogP contribution in [0.2, 0.25) is 5.02 Å². The number of halogens is 1. The summed E-state index contributed by atoms with van der Waals surface area (Å²) in [5.74, 6) is -0.0284. The minimum Gasteiger partial charge on any atom is -0.489 e. The zero-order valence-corrected chi connectivity index (χ0v) is 27.2. The zero-order valence-electron chi connectivity index (χ0n) is 25.6. The van der Waals surface area contributed by atoms with Gasteiger partial charge in [0.1, 0.15) is 28.2 Å². The van der Waals surface area contributed by atoms with Crippen molar-refractivity contribution in [1.29, 1.82) is 0 Å². The molecule has 2 aliphatic heterocycles. The molecule has 2 amide bonds. The summed E-state index contributed by atoms with van der Waals surface area (Å²) >= 11 is 5.88. The van der Waals surface area contributed by atoms with E-state index in [1.165, 1.54) is 30.5 Å². The number of amides is 2. The second-order valence-corrected chi connectivity index (χ2v) is 14.2. The topological polar surface area (TPSA) is 130 Å². The molecule has 2 aliphatic rings. The van der Waals surface area contributed by atoms with Gasteiger partial charge in [-0.25, -0.2) is 18.2 Å². The van der Waals surface area contributed by atoms with Gasteiger partial charge < -0.3 is 24.6 Å². The lowest BCUT2D eigenvalue weighted by atomic mass is 10.1. The fraction of sp³-hybridized carbons (Fsp3) is 0.406. The maximum atomic E-state index is 13.7. The number of hydrogen-bond donors (Lipinski definition) is 2. The first-order valence-electron chi connectivity index (χ1n) is 15.0. The number of likely N-dealkylation sites (tertiary alicyclic amines) is 1. The average Bonchev–Trinajstić information content (AvgIpc) is 3.53. The number of ether oxygens (including phenoxy) is 2. The number of hydrogen-bond acceptors (Lipinski definition) is 8. The largest absolute Gasteiger partial charge is 0.489 e. The SMILES string of the molecule is CC(C)(C)OC(=O)N1CCC(Oc2cc(N3CCCC3)ccc2C(=O)Nc2ccccc2S(=O)(=O)Nc2ccc(Cl)cn2)CC1. The molecule has 1 aromatic heterocycles. The van der Waals surface area contributed by atoms with E-state index in [0.717, 1.165) is 31.6 Å². The Morgan fingerprint density at radius 2 is 1.69 bits per heavy atom. The van der Waals surface area contributed by atoms with Crippen LogP contribution in [0.1, 0.15) is 56.8 Å². The molecule has 0 bridgehead atoms. The monoisotopic (exact) mass is 655 g/mol. The van der Waals surface area contributed by atoms with Crippen LogP contribution in [0, 0.1) is 0 Å². The highest BCUT2D eigenvalue weighted by Crippen LogP contribution is 2.32. The van der Waals surface area contributed by atoms with E-state index in [9.17, 15) is 18.0 Å². The molecule has 5 rings (SSSR count). The minimum absolute atomic E-state index is 0.0893. The van der Waals surface area contributed by atoms with Crippen LogP contribution in [0.4, 0.5) is 22.0 Å². The summed E-state index contributed by atoms with van der Waals surface area (Å²) in [6.45, 7) is 8.27. The van der Waals surface area contributed by atoms with E-state index in [4.69, 9.17) is 21.1 Å². The van der Waals surface area contributed by atoms with Gasteiger partial charge in [0, 0.05) is 57.0 Å². The van der Waals surface area contributed by atoms with Crippen LogP contribution in [-0.2, 0) is 14.8 Å². The van der Waals surface area contributed by atoms with Crippen molar-refractivity contribution in [2.75, 3.05) is 41.1 Å². The number of anilines is 3. The van der Waals surface area contributed by atoms with Crippen molar-refractivity contribution < 1.29 is 27.5 Å². The minimum atomic E-state index is -4.11. The van der Waals surface area contributed by atoms with Crippen LogP contribution in [0.15, 0.2) is 65.7 Å². The molecule has 0 atom stereocenters. The molecular weight excluding hydrogens is 618 g/mol. The third-order valence-corrected chi connectivity index (χ3v) is 9.10. The van der Waals surface area contributed by atoms with E-state index in [2.05, 4.69) is 19.9 Å². The molecule has 2 saturated heterocycles. The van der Waals surface area contributed by atoms with Crippen LogP contribution in [0.25, 0.3) is 0 Å². The predicted octanol–water partition coefficient (Wildman–Crippen LogP) is 6.17. The number of carbonyl (C=O) groups is 2. The Morgan fingerprint density at radius 1 is 0.978 bits per heavy atom. The Bertz CT molecular complexity index is 1630. The number of aromatic nitrogens is 1. The summed E-state index contributed by atoms with van der Waals surface area (Å²) in [4.78, 5) is 34.1. The summed E-state index contributed by atoms with van der Waals surface area (Å²) in [7, 11) is -4.11. The number of nitrogens with one attached hydrogen (secondary N) is 2. The van der Waals surface area contributed by atoms with Crippen LogP contribution in [0.3, 0.4) is 0 Å². The Morgan fingerprint density at radius 3 is 2.36 bits per heavy atom. The summed E-state index contributed by atoms with van der Waals surface area (Å²) in [5.41, 5.74) is 0.743. The average molecular weight is 656 g/mol. The molecule has 240 valence electrons. The van der Waals surface area contributed by atoms with Gasteiger partial charge in [-0.15, -0.1) is 0 Å². The molecule has 2 aromatic carbocycles. The quantitative estimate of drug-likeness (QED) is 0.295. The molecule has 0 saturated carbocycles. The molecule has 0 spiro atoms. The fourth-order valence-electron chi connectivity index (χ4n) is 5.25. The Balaban J connectivity index is 1.35. The van der Waals surface area contributed by atoms with E-state index in [-0.39, 0.29) is 34.2 Å². The van der Waals surface area contributed by atoms with Gasteiger partial charge in [0.15, 0.2) is 0 Å². The third kappa shape index (κ3) is 8.37. The van der Waals surface area contributed by atoms with Gasteiger partial charge in [-0.05, 0) is 70.0 Å². The van der Waals surface area contributed by atoms with Crippen molar-refractivity contribution in [3.05, 3.63) is 71.4 Å². The van der Waals surface area contributed by atoms with Crippen molar-refractivity contribution in [1.82, 2.24) is 9.88 Å². The van der Waals surface area contributed by atoms with Gasteiger partial charge in [0.25, 0.3) is 15.9 Å². The Hall–Kier alpha value is -4.03. The van der Waals surface area contributed by atoms with E-state index in [0.29, 0.717) is 36.7 Å². The summed E-state index contributed by atoms with van der Waals surface area (Å²) in [6.07, 6.45) is 4.07. The van der Waals surface area contributed by atoms with E-state index in [1.807, 2.05) is 32.9 Å². The van der Waals surface area contributed by atoms with Crippen LogP contribution < -0.4 is 19.7 Å². The number of benzene rings is 2. The first-order valence-corrected chi connectivity index (χ1v) is 16.8. The smallest absolute Gasteiger partial charge is 0.410 e. The highest BCUT2D eigenvalue weighted by atomic mass is 35.5. The molecule has 45 heavy (non-hydrogen) atoms. The van der Waals surface area contributed by atoms with Crippen molar-refractivity contribution in [2.24, 2.45) is 0 Å². The molecule has 13 heteroatoms. The lowest BCUT2D eigenvalue weighted by Crippen LogP contribution is -2.44. The van der Waals surface area contributed by atoms with Crippen LogP contribution in [0.5, 0.6) is 5.75 Å². The molecular formula is C32H38ClN5O6S. The molecule has 0 radical (unpaired) electrons. The normalized spacial score (nSPS) is 15.9. The summed E-state index contributed by atoms with van der Waals surface area (Å²) < 4.78 is 41.0. The van der Waals surface area contributed by atoms with E-state index >= 15 is 0 Å². The third-order valence-electron chi connectivity index (χ3n) is 7.46. The van der Waals surface area contributed by atoms with Gasteiger partial charge in [-0.2, -0.15) is 0 Å². The molecule has 0 aliphatic carbocycles. The van der Waals surface area contributed by atoms with Gasteiger partial charge in [0.05, 0.1) is 16.3 Å². The maximum Gasteiger partial charge on any atom is 0.410 e. The lowest BCUT2D eigenvalue weighted by Gasteiger charge is -2.34. The van der Waals surface area contributed by atoms with Gasteiger partial charge in [-0.1, -0.05) is 23.7 Å². The van der Waals surface area contributed by atoms with Crippen molar-refractivity contribution in [2.45, 2.75) is 63.1 Å². The first-order chi connectivity index (χ1) is 21.4. The predicted molar refractivity (Wildman–Crippen MR) is 174 cm³/mol. The van der Waals surface area contributed by atoms with E-state index in [1.54, 1.807) is 23.1 Å². The number of pyridine rings is 1. The number of carbonyl (C=O) groups excluding carboxylic acids is 2. The first kappa shape index (κ1) is 32.4. The fourth-order valence-corrected chi connectivity index (χ4v) is 6.54. The Kier molecular flexibility index (Phi) is 9.73. The lowest BCUT2D eigenvalue weighted by molar-refractivity contribution is 0.0126. The highest BCUT2D eigenvalue weighted by Gasteiger charge is 2.29. The zero-order chi connectivity index (χ0) is 32.2.